The third-order valence-corrected chi connectivity index (χ3v) is 1.81. The molecule has 17 heavy (non-hydrogen) atoms. The maximum absolute atomic E-state index is 11.3. The summed E-state index contributed by atoms with van der Waals surface area (Å²) < 4.78 is 9.15. The highest BCUT2D eigenvalue weighted by Crippen LogP contribution is 1.98. The minimum Gasteiger partial charge on any atom is -0.468 e. The molecule has 7 heteroatoms. The van der Waals surface area contributed by atoms with Crippen LogP contribution < -0.4 is 10.6 Å². The number of methoxy groups -OCH3 is 1. The molecule has 0 aliphatic heterocycles. The lowest BCUT2D eigenvalue weighted by Crippen LogP contribution is -2.39. The summed E-state index contributed by atoms with van der Waals surface area (Å²) in [7, 11) is 1.22. The lowest BCUT2D eigenvalue weighted by Gasteiger charge is -2.04. The van der Waals surface area contributed by atoms with Crippen LogP contribution in [0.1, 0.15) is 10.6 Å². The molecule has 7 nitrogen and oxygen atoms in total. The van der Waals surface area contributed by atoms with Crippen molar-refractivity contribution < 1.29 is 23.5 Å². The van der Waals surface area contributed by atoms with E-state index in [2.05, 4.69) is 15.4 Å². The van der Waals surface area contributed by atoms with Crippen molar-refractivity contribution in [3.63, 3.8) is 0 Å². The molecule has 0 atom stereocenters. The summed E-state index contributed by atoms with van der Waals surface area (Å²) in [4.78, 5) is 33.2. The average Bonchev–Trinajstić information content (AvgIpc) is 2.86. The molecule has 0 aromatic carbocycles. The van der Waals surface area contributed by atoms with Crippen molar-refractivity contribution in [2.45, 2.75) is 0 Å². The second-order valence-electron chi connectivity index (χ2n) is 3.01. The summed E-state index contributed by atoms with van der Waals surface area (Å²) in [5.74, 6) is -1.43. The molecule has 2 N–H and O–H groups in total. The third kappa shape index (κ3) is 4.37. The first-order valence-electron chi connectivity index (χ1n) is 4.78. The van der Waals surface area contributed by atoms with Crippen molar-refractivity contribution in [2.24, 2.45) is 0 Å². The normalized spacial score (nSPS) is 9.47. The van der Waals surface area contributed by atoms with Crippen LogP contribution in [0.3, 0.4) is 0 Å². The highest BCUT2D eigenvalue weighted by atomic mass is 16.5. The summed E-state index contributed by atoms with van der Waals surface area (Å²) in [6.07, 6.45) is 1.35. The summed E-state index contributed by atoms with van der Waals surface area (Å²) >= 11 is 0. The van der Waals surface area contributed by atoms with Gasteiger partial charge in [-0.2, -0.15) is 0 Å². The number of hydrogen-bond donors (Lipinski definition) is 2. The molecule has 0 saturated carbocycles. The fourth-order valence-corrected chi connectivity index (χ4v) is 0.961. The Labute approximate surface area is 97.1 Å². The van der Waals surface area contributed by atoms with E-state index in [-0.39, 0.29) is 18.8 Å². The molecule has 0 bridgehead atoms. The molecule has 92 valence electrons. The van der Waals surface area contributed by atoms with Gasteiger partial charge in [0, 0.05) is 0 Å². The largest absolute Gasteiger partial charge is 0.468 e. The van der Waals surface area contributed by atoms with Crippen LogP contribution in [-0.2, 0) is 14.3 Å². The van der Waals surface area contributed by atoms with Crippen LogP contribution in [0.5, 0.6) is 0 Å². The Morgan fingerprint density at radius 3 is 2.65 bits per heavy atom. The molecule has 2 amide bonds. The van der Waals surface area contributed by atoms with Crippen molar-refractivity contribution in [2.75, 3.05) is 20.2 Å². The first-order chi connectivity index (χ1) is 8.13. The van der Waals surface area contributed by atoms with Gasteiger partial charge in [0.05, 0.1) is 19.9 Å². The standard InChI is InChI=1S/C10H12N2O5/c1-16-9(14)6-11-8(13)5-12-10(15)7-3-2-4-17-7/h2-4H,5-6H2,1H3,(H,11,13)(H,12,15). The summed E-state index contributed by atoms with van der Waals surface area (Å²) in [5.41, 5.74) is 0. The van der Waals surface area contributed by atoms with Gasteiger partial charge in [0.25, 0.3) is 5.91 Å². The molecule has 0 saturated heterocycles. The van der Waals surface area contributed by atoms with E-state index in [1.165, 1.54) is 19.4 Å². The van der Waals surface area contributed by atoms with E-state index < -0.39 is 17.8 Å². The van der Waals surface area contributed by atoms with Crippen molar-refractivity contribution in [1.82, 2.24) is 10.6 Å². The van der Waals surface area contributed by atoms with Gasteiger partial charge in [-0.25, -0.2) is 0 Å². The Kier molecular flexibility index (Phi) is 4.74. The Morgan fingerprint density at radius 1 is 1.29 bits per heavy atom. The van der Waals surface area contributed by atoms with Crippen molar-refractivity contribution in [1.29, 1.82) is 0 Å². The lowest BCUT2D eigenvalue weighted by atomic mass is 10.4. The highest BCUT2D eigenvalue weighted by Gasteiger charge is 2.10. The first kappa shape index (κ1) is 12.8. The molecule has 0 radical (unpaired) electrons. The molecule has 0 spiro atoms. The average molecular weight is 240 g/mol. The van der Waals surface area contributed by atoms with Gasteiger partial charge in [-0.3, -0.25) is 14.4 Å². The second kappa shape index (κ2) is 6.31. The van der Waals surface area contributed by atoms with Gasteiger partial charge in [-0.15, -0.1) is 0 Å². The third-order valence-electron chi connectivity index (χ3n) is 1.81. The molecule has 0 aliphatic rings. The van der Waals surface area contributed by atoms with Crippen molar-refractivity contribution in [3.05, 3.63) is 24.2 Å². The van der Waals surface area contributed by atoms with E-state index in [9.17, 15) is 14.4 Å². The van der Waals surface area contributed by atoms with Crippen LogP contribution in [0.25, 0.3) is 0 Å². The maximum Gasteiger partial charge on any atom is 0.325 e. The van der Waals surface area contributed by atoms with Gasteiger partial charge in [0.15, 0.2) is 5.76 Å². The van der Waals surface area contributed by atoms with E-state index in [0.29, 0.717) is 0 Å². The minimum atomic E-state index is -0.560. The van der Waals surface area contributed by atoms with Gasteiger partial charge in [0.2, 0.25) is 5.91 Å². The SMILES string of the molecule is COC(=O)CNC(=O)CNC(=O)c1ccco1. The molecular formula is C10H12N2O5. The van der Waals surface area contributed by atoms with Crippen molar-refractivity contribution >= 4 is 17.8 Å². The van der Waals surface area contributed by atoms with E-state index >= 15 is 0 Å². The zero-order chi connectivity index (χ0) is 12.7. The summed E-state index contributed by atoms with van der Waals surface area (Å²) in [5, 5.41) is 4.60. The summed E-state index contributed by atoms with van der Waals surface area (Å²) in [6.45, 7) is -0.470. The number of esters is 1. The molecule has 1 aromatic rings. The number of amides is 2. The molecule has 1 heterocycles. The van der Waals surface area contributed by atoms with E-state index in [4.69, 9.17) is 4.42 Å². The van der Waals surface area contributed by atoms with Gasteiger partial charge >= 0.3 is 5.97 Å². The predicted octanol–water partition coefficient (Wildman–Crippen LogP) is -0.701. The number of carbonyl (C=O) groups excluding carboxylic acids is 3. The Hall–Kier alpha value is -2.31. The zero-order valence-electron chi connectivity index (χ0n) is 9.19. The van der Waals surface area contributed by atoms with Crippen LogP contribution in [0, 0.1) is 0 Å². The number of hydrogen-bond acceptors (Lipinski definition) is 5. The number of ether oxygens (including phenoxy) is 1. The molecule has 0 aliphatic carbocycles. The smallest absolute Gasteiger partial charge is 0.325 e. The van der Waals surface area contributed by atoms with Crippen LogP contribution in [0.4, 0.5) is 0 Å². The second-order valence-corrected chi connectivity index (χ2v) is 3.01. The maximum atomic E-state index is 11.3. The number of carbonyl (C=O) groups is 3. The number of rotatable bonds is 5. The van der Waals surface area contributed by atoms with E-state index in [0.717, 1.165) is 0 Å². The molecule has 1 rings (SSSR count). The zero-order valence-corrected chi connectivity index (χ0v) is 9.19. The van der Waals surface area contributed by atoms with E-state index in [1.807, 2.05) is 0 Å². The van der Waals surface area contributed by atoms with Gasteiger partial charge in [-0.05, 0) is 12.1 Å². The first-order valence-corrected chi connectivity index (χ1v) is 4.78. The fraction of sp³-hybridized carbons (Fsp3) is 0.300. The Morgan fingerprint density at radius 2 is 2.06 bits per heavy atom. The Bertz CT molecular complexity index is 399. The highest BCUT2D eigenvalue weighted by molar-refractivity contribution is 5.94. The number of furan rings is 1. The summed E-state index contributed by atoms with van der Waals surface area (Å²) in [6, 6.07) is 3.04. The van der Waals surface area contributed by atoms with Gasteiger partial charge in [-0.1, -0.05) is 0 Å². The Balaban J connectivity index is 2.24. The minimum absolute atomic E-state index is 0.116. The van der Waals surface area contributed by atoms with Gasteiger partial charge < -0.3 is 19.8 Å². The molecule has 1 aromatic heterocycles. The number of nitrogens with one attached hydrogen (secondary N) is 2. The molecule has 0 unspecified atom stereocenters. The van der Waals surface area contributed by atoms with E-state index in [1.54, 1.807) is 6.07 Å². The monoisotopic (exact) mass is 240 g/mol. The van der Waals surface area contributed by atoms with Crippen molar-refractivity contribution in [3.8, 4) is 0 Å². The predicted molar refractivity (Wildman–Crippen MR) is 56.1 cm³/mol. The molecular weight excluding hydrogens is 228 g/mol. The van der Waals surface area contributed by atoms with Crippen LogP contribution >= 0.6 is 0 Å². The van der Waals surface area contributed by atoms with Crippen LogP contribution in [-0.4, -0.2) is 38.0 Å². The van der Waals surface area contributed by atoms with Crippen LogP contribution in [0.2, 0.25) is 0 Å². The van der Waals surface area contributed by atoms with Gasteiger partial charge in [0.1, 0.15) is 6.54 Å². The molecule has 0 fully saturated rings. The fourth-order valence-electron chi connectivity index (χ4n) is 0.961. The quantitative estimate of drug-likeness (QED) is 0.663. The lowest BCUT2D eigenvalue weighted by molar-refractivity contribution is -0.141. The topological polar surface area (TPSA) is 97.6 Å². The van der Waals surface area contributed by atoms with Crippen LogP contribution in [0.15, 0.2) is 22.8 Å².